The van der Waals surface area contributed by atoms with Gasteiger partial charge in [-0.05, 0) is 31.5 Å². The first-order valence-corrected chi connectivity index (χ1v) is 7.28. The molecule has 1 aliphatic heterocycles. The van der Waals surface area contributed by atoms with E-state index in [2.05, 4.69) is 5.32 Å². The molecule has 0 saturated carbocycles. The summed E-state index contributed by atoms with van der Waals surface area (Å²) >= 11 is 0. The number of anilines is 2. The molecule has 0 aromatic heterocycles. The minimum atomic E-state index is -4.44. The van der Waals surface area contributed by atoms with Gasteiger partial charge >= 0.3 is 6.18 Å². The van der Waals surface area contributed by atoms with Crippen LogP contribution in [0.2, 0.25) is 0 Å². The first-order valence-electron chi connectivity index (χ1n) is 7.28. The SMILES string of the molecule is CC(Nc1cccc(N2CCCC2=O)c1)C(=O)NCC(F)(F)F. The van der Waals surface area contributed by atoms with Crippen molar-refractivity contribution in [2.75, 3.05) is 23.3 Å². The van der Waals surface area contributed by atoms with Gasteiger partial charge in [-0.25, -0.2) is 0 Å². The van der Waals surface area contributed by atoms with E-state index in [1.165, 1.54) is 6.92 Å². The van der Waals surface area contributed by atoms with Crippen LogP contribution in [0.4, 0.5) is 24.5 Å². The molecule has 2 amide bonds. The van der Waals surface area contributed by atoms with E-state index in [0.717, 1.165) is 6.42 Å². The highest BCUT2D eigenvalue weighted by molar-refractivity contribution is 5.95. The van der Waals surface area contributed by atoms with Crippen molar-refractivity contribution in [3.05, 3.63) is 24.3 Å². The molecule has 0 radical (unpaired) electrons. The predicted octanol–water partition coefficient (Wildman–Crippen LogP) is 2.29. The fraction of sp³-hybridized carbons (Fsp3) is 0.467. The van der Waals surface area contributed by atoms with Crippen LogP contribution in [-0.4, -0.2) is 37.1 Å². The third-order valence-corrected chi connectivity index (χ3v) is 3.47. The molecule has 2 N–H and O–H groups in total. The maximum Gasteiger partial charge on any atom is 0.405 e. The number of carbonyl (C=O) groups is 2. The highest BCUT2D eigenvalue weighted by Gasteiger charge is 2.28. The number of amides is 2. The van der Waals surface area contributed by atoms with Crippen LogP contribution in [0.1, 0.15) is 19.8 Å². The fourth-order valence-electron chi connectivity index (χ4n) is 2.34. The summed E-state index contributed by atoms with van der Waals surface area (Å²) in [5, 5.41) is 4.67. The molecule has 1 atom stereocenters. The molecule has 1 unspecified atom stereocenters. The molecular weight excluding hydrogens is 311 g/mol. The lowest BCUT2D eigenvalue weighted by Gasteiger charge is -2.19. The molecule has 8 heteroatoms. The van der Waals surface area contributed by atoms with E-state index in [1.54, 1.807) is 29.2 Å². The quantitative estimate of drug-likeness (QED) is 0.871. The number of hydrogen-bond donors (Lipinski definition) is 2. The van der Waals surface area contributed by atoms with Gasteiger partial charge in [0.05, 0.1) is 0 Å². The third-order valence-electron chi connectivity index (χ3n) is 3.47. The molecule has 126 valence electrons. The van der Waals surface area contributed by atoms with Crippen LogP contribution >= 0.6 is 0 Å². The van der Waals surface area contributed by atoms with Gasteiger partial charge in [0, 0.05) is 24.3 Å². The van der Waals surface area contributed by atoms with Gasteiger partial charge in [0.2, 0.25) is 11.8 Å². The number of nitrogens with one attached hydrogen (secondary N) is 2. The van der Waals surface area contributed by atoms with Crippen molar-refractivity contribution in [3.8, 4) is 0 Å². The van der Waals surface area contributed by atoms with Gasteiger partial charge in [-0.1, -0.05) is 6.07 Å². The molecule has 0 bridgehead atoms. The first-order chi connectivity index (χ1) is 10.8. The van der Waals surface area contributed by atoms with Crippen LogP contribution in [0.3, 0.4) is 0 Å². The molecule has 1 aliphatic rings. The van der Waals surface area contributed by atoms with Gasteiger partial charge in [-0.15, -0.1) is 0 Å². The number of halogens is 3. The molecule has 1 aromatic rings. The number of rotatable bonds is 5. The Labute approximate surface area is 131 Å². The Morgan fingerprint density at radius 1 is 1.39 bits per heavy atom. The summed E-state index contributed by atoms with van der Waals surface area (Å²) in [5.74, 6) is -0.705. The molecule has 23 heavy (non-hydrogen) atoms. The van der Waals surface area contributed by atoms with Crippen molar-refractivity contribution in [1.29, 1.82) is 0 Å². The molecule has 1 fully saturated rings. The molecule has 2 rings (SSSR count). The largest absolute Gasteiger partial charge is 0.405 e. The van der Waals surface area contributed by atoms with Gasteiger partial charge < -0.3 is 15.5 Å². The van der Waals surface area contributed by atoms with Crippen LogP contribution in [-0.2, 0) is 9.59 Å². The second kappa shape index (κ2) is 6.89. The Morgan fingerprint density at radius 3 is 2.74 bits per heavy atom. The smallest absolute Gasteiger partial charge is 0.374 e. The Bertz CT molecular complexity index is 590. The predicted molar refractivity (Wildman–Crippen MR) is 80.2 cm³/mol. The zero-order valence-electron chi connectivity index (χ0n) is 12.6. The molecule has 0 aliphatic carbocycles. The van der Waals surface area contributed by atoms with Gasteiger partial charge in [-0.2, -0.15) is 13.2 Å². The van der Waals surface area contributed by atoms with Gasteiger partial charge in [0.15, 0.2) is 0 Å². The summed E-state index contributed by atoms with van der Waals surface area (Å²) in [7, 11) is 0. The van der Waals surface area contributed by atoms with Gasteiger partial charge in [0.1, 0.15) is 12.6 Å². The van der Waals surface area contributed by atoms with Crippen molar-refractivity contribution in [2.45, 2.75) is 32.0 Å². The van der Waals surface area contributed by atoms with E-state index < -0.39 is 24.7 Å². The van der Waals surface area contributed by atoms with E-state index in [-0.39, 0.29) is 5.91 Å². The zero-order valence-corrected chi connectivity index (χ0v) is 12.6. The summed E-state index contributed by atoms with van der Waals surface area (Å²) in [6, 6.07) is 6.07. The second-order valence-electron chi connectivity index (χ2n) is 5.40. The lowest BCUT2D eigenvalue weighted by molar-refractivity contribution is -0.138. The third kappa shape index (κ3) is 4.87. The van der Waals surface area contributed by atoms with E-state index in [4.69, 9.17) is 0 Å². The monoisotopic (exact) mass is 329 g/mol. The standard InChI is InChI=1S/C15H18F3N3O2/c1-10(14(23)19-9-15(16,17)18)20-11-4-2-5-12(8-11)21-7-3-6-13(21)22/h2,4-5,8,10,20H,3,6-7,9H2,1H3,(H,19,23). The van der Waals surface area contributed by atoms with Crippen molar-refractivity contribution in [1.82, 2.24) is 5.32 Å². The number of hydrogen-bond acceptors (Lipinski definition) is 3. The van der Waals surface area contributed by atoms with Crippen LogP contribution in [0.15, 0.2) is 24.3 Å². The van der Waals surface area contributed by atoms with Crippen LogP contribution in [0, 0.1) is 0 Å². The molecule has 0 spiro atoms. The van der Waals surface area contributed by atoms with E-state index in [9.17, 15) is 22.8 Å². The maximum absolute atomic E-state index is 12.1. The summed E-state index contributed by atoms with van der Waals surface area (Å²) < 4.78 is 36.3. The highest BCUT2D eigenvalue weighted by Crippen LogP contribution is 2.24. The van der Waals surface area contributed by atoms with E-state index in [1.807, 2.05) is 5.32 Å². The lowest BCUT2D eigenvalue weighted by atomic mass is 10.2. The maximum atomic E-state index is 12.1. The number of benzene rings is 1. The van der Waals surface area contributed by atoms with Gasteiger partial charge in [0.25, 0.3) is 0 Å². The first kappa shape index (κ1) is 17.1. The average molecular weight is 329 g/mol. The summed E-state index contributed by atoms with van der Waals surface area (Å²) in [6.45, 7) is 0.753. The average Bonchev–Trinajstić information content (AvgIpc) is 2.90. The molecular formula is C15H18F3N3O2. The number of carbonyl (C=O) groups excluding carboxylic acids is 2. The number of nitrogens with zero attached hydrogens (tertiary/aromatic N) is 1. The van der Waals surface area contributed by atoms with Crippen molar-refractivity contribution in [2.24, 2.45) is 0 Å². The number of alkyl halides is 3. The second-order valence-corrected chi connectivity index (χ2v) is 5.40. The summed E-state index contributed by atoms with van der Waals surface area (Å²) in [5.41, 5.74) is 1.28. The Kier molecular flexibility index (Phi) is 5.12. The minimum absolute atomic E-state index is 0.0399. The van der Waals surface area contributed by atoms with Crippen molar-refractivity contribution < 1.29 is 22.8 Å². The zero-order chi connectivity index (χ0) is 17.0. The fourth-order valence-corrected chi connectivity index (χ4v) is 2.34. The molecule has 5 nitrogen and oxygen atoms in total. The normalized spacial score (nSPS) is 16.3. The summed E-state index contributed by atoms with van der Waals surface area (Å²) in [6.07, 6.45) is -3.13. The Hall–Kier alpha value is -2.25. The summed E-state index contributed by atoms with van der Waals surface area (Å²) in [4.78, 5) is 25.0. The van der Waals surface area contributed by atoms with Gasteiger partial charge in [-0.3, -0.25) is 9.59 Å². The lowest BCUT2D eigenvalue weighted by Crippen LogP contribution is -2.42. The van der Waals surface area contributed by atoms with Crippen LogP contribution in [0.25, 0.3) is 0 Å². The van der Waals surface area contributed by atoms with E-state index >= 15 is 0 Å². The molecule has 1 aromatic carbocycles. The topological polar surface area (TPSA) is 61.4 Å². The van der Waals surface area contributed by atoms with Crippen molar-refractivity contribution in [3.63, 3.8) is 0 Å². The highest BCUT2D eigenvalue weighted by atomic mass is 19.4. The van der Waals surface area contributed by atoms with Crippen LogP contribution < -0.4 is 15.5 Å². The minimum Gasteiger partial charge on any atom is -0.374 e. The van der Waals surface area contributed by atoms with Crippen LogP contribution in [0.5, 0.6) is 0 Å². The van der Waals surface area contributed by atoms with Crippen molar-refractivity contribution >= 4 is 23.2 Å². The molecule has 1 saturated heterocycles. The Balaban J connectivity index is 1.97. The van der Waals surface area contributed by atoms with E-state index in [0.29, 0.717) is 24.3 Å². The Morgan fingerprint density at radius 2 is 2.13 bits per heavy atom. The molecule has 1 heterocycles.